The maximum atomic E-state index is 10.2. The van der Waals surface area contributed by atoms with Gasteiger partial charge in [-0.15, -0.1) is 6.58 Å². The molecule has 0 bridgehead atoms. The highest BCUT2D eigenvalue weighted by molar-refractivity contribution is 5.14. The molecule has 4 heteroatoms. The summed E-state index contributed by atoms with van der Waals surface area (Å²) in [6.45, 7) is 8.62. The molecule has 0 spiro atoms. The molecule has 0 amide bonds. The van der Waals surface area contributed by atoms with E-state index in [0.29, 0.717) is 19.6 Å². The smallest absolute Gasteiger partial charge is 0.163 e. The maximum absolute atomic E-state index is 10.2. The Morgan fingerprint density at radius 2 is 2.15 bits per heavy atom. The molecular formula is C16H23NO3. The fourth-order valence-electron chi connectivity index (χ4n) is 2.38. The quantitative estimate of drug-likeness (QED) is 0.641. The summed E-state index contributed by atoms with van der Waals surface area (Å²) in [4.78, 5) is 0. The number of ether oxygens (including phenoxy) is 2. The van der Waals surface area contributed by atoms with Crippen LogP contribution in [0.1, 0.15) is 25.8 Å². The Morgan fingerprint density at radius 1 is 1.45 bits per heavy atom. The van der Waals surface area contributed by atoms with Crippen LogP contribution in [-0.2, 0) is 16.0 Å². The predicted molar refractivity (Wildman–Crippen MR) is 77.3 cm³/mol. The van der Waals surface area contributed by atoms with Crippen LogP contribution in [0.3, 0.4) is 0 Å². The molecule has 1 aliphatic rings. The fraction of sp³-hybridized carbons (Fsp3) is 0.500. The van der Waals surface area contributed by atoms with Crippen molar-refractivity contribution in [3.8, 4) is 0 Å². The van der Waals surface area contributed by atoms with Crippen LogP contribution in [0.5, 0.6) is 0 Å². The minimum atomic E-state index is -0.532. The maximum Gasteiger partial charge on any atom is 0.163 e. The third kappa shape index (κ3) is 4.15. The van der Waals surface area contributed by atoms with Crippen molar-refractivity contribution in [3.05, 3.63) is 48.6 Å². The molecule has 2 rings (SSSR count). The molecule has 4 nitrogen and oxygen atoms in total. The molecule has 1 aliphatic heterocycles. The van der Waals surface area contributed by atoms with Gasteiger partial charge in [-0.25, -0.2) is 0 Å². The highest BCUT2D eigenvalue weighted by atomic mass is 16.7. The van der Waals surface area contributed by atoms with E-state index in [4.69, 9.17) is 9.47 Å². The second-order valence-corrected chi connectivity index (χ2v) is 5.57. The average molecular weight is 277 g/mol. The van der Waals surface area contributed by atoms with E-state index >= 15 is 0 Å². The zero-order valence-corrected chi connectivity index (χ0v) is 12.2. The lowest BCUT2D eigenvalue weighted by molar-refractivity contribution is -0.153. The largest absolute Gasteiger partial charge is 0.348 e. The average Bonchev–Trinajstić information content (AvgIpc) is 2.76. The topological polar surface area (TPSA) is 41.9 Å². The molecule has 0 aliphatic carbocycles. The molecule has 0 saturated carbocycles. The van der Waals surface area contributed by atoms with Gasteiger partial charge < -0.3 is 14.7 Å². The summed E-state index contributed by atoms with van der Waals surface area (Å²) in [6.07, 6.45) is 2.40. The molecule has 110 valence electrons. The molecule has 20 heavy (non-hydrogen) atoms. The third-order valence-corrected chi connectivity index (χ3v) is 3.41. The summed E-state index contributed by atoms with van der Waals surface area (Å²) in [5.41, 5.74) is 1.06. The lowest BCUT2D eigenvalue weighted by atomic mass is 10.1. The van der Waals surface area contributed by atoms with E-state index < -0.39 is 5.79 Å². The van der Waals surface area contributed by atoms with Crippen LogP contribution in [0.2, 0.25) is 0 Å². The lowest BCUT2D eigenvalue weighted by Crippen LogP contribution is -2.34. The minimum absolute atomic E-state index is 0.0153. The second kappa shape index (κ2) is 6.50. The molecule has 2 atom stereocenters. The van der Waals surface area contributed by atoms with Gasteiger partial charge in [-0.05, 0) is 25.8 Å². The van der Waals surface area contributed by atoms with E-state index in [1.165, 1.54) is 5.06 Å². The number of rotatable bonds is 6. The number of hydroxylamine groups is 2. The van der Waals surface area contributed by atoms with Gasteiger partial charge in [-0.2, -0.15) is 5.06 Å². The molecule has 1 heterocycles. The van der Waals surface area contributed by atoms with Crippen LogP contribution in [0.25, 0.3) is 0 Å². The molecule has 0 aromatic heterocycles. The Bertz CT molecular complexity index is 433. The van der Waals surface area contributed by atoms with E-state index in [-0.39, 0.29) is 12.1 Å². The van der Waals surface area contributed by atoms with Gasteiger partial charge >= 0.3 is 0 Å². The van der Waals surface area contributed by atoms with E-state index in [1.54, 1.807) is 6.08 Å². The predicted octanol–water partition coefficient (Wildman–Crippen LogP) is 2.97. The van der Waals surface area contributed by atoms with E-state index in [0.717, 1.165) is 5.56 Å². The van der Waals surface area contributed by atoms with Gasteiger partial charge in [-0.1, -0.05) is 36.4 Å². The van der Waals surface area contributed by atoms with Crippen LogP contribution in [0.15, 0.2) is 43.0 Å². The Morgan fingerprint density at radius 3 is 2.70 bits per heavy atom. The molecule has 0 unspecified atom stereocenters. The van der Waals surface area contributed by atoms with Gasteiger partial charge in [0.25, 0.3) is 0 Å². The van der Waals surface area contributed by atoms with Crippen molar-refractivity contribution >= 4 is 0 Å². The first-order valence-electron chi connectivity index (χ1n) is 6.94. The van der Waals surface area contributed by atoms with Gasteiger partial charge in [0.15, 0.2) is 5.79 Å². The number of nitrogens with zero attached hydrogens (tertiary/aromatic N) is 1. The van der Waals surface area contributed by atoms with Crippen molar-refractivity contribution in [2.45, 2.75) is 44.7 Å². The first-order chi connectivity index (χ1) is 9.50. The van der Waals surface area contributed by atoms with Crippen molar-refractivity contribution in [2.24, 2.45) is 0 Å². The Balaban J connectivity index is 1.89. The fourth-order valence-corrected chi connectivity index (χ4v) is 2.38. The van der Waals surface area contributed by atoms with Crippen LogP contribution in [0, 0.1) is 0 Å². The van der Waals surface area contributed by atoms with Crippen LogP contribution in [-0.4, -0.2) is 34.8 Å². The summed E-state index contributed by atoms with van der Waals surface area (Å²) < 4.78 is 11.3. The van der Waals surface area contributed by atoms with Gasteiger partial charge in [0.1, 0.15) is 0 Å². The first-order valence-corrected chi connectivity index (χ1v) is 6.94. The van der Waals surface area contributed by atoms with Crippen molar-refractivity contribution in [3.63, 3.8) is 0 Å². The van der Waals surface area contributed by atoms with Gasteiger partial charge in [0.05, 0.1) is 18.8 Å². The number of hydrogen-bond acceptors (Lipinski definition) is 4. The molecule has 1 aromatic carbocycles. The summed E-state index contributed by atoms with van der Waals surface area (Å²) in [6, 6.07) is 9.70. The van der Waals surface area contributed by atoms with Crippen molar-refractivity contribution in [1.82, 2.24) is 5.06 Å². The first kappa shape index (κ1) is 15.2. The SMILES string of the molecule is C=C[C@@H](C[C@H]1COC(C)(C)O1)N(O)Cc1ccccc1. The van der Waals surface area contributed by atoms with Gasteiger partial charge in [-0.3, -0.25) is 0 Å². The number of benzene rings is 1. The third-order valence-electron chi connectivity index (χ3n) is 3.41. The second-order valence-electron chi connectivity index (χ2n) is 5.57. The van der Waals surface area contributed by atoms with Crippen molar-refractivity contribution < 1.29 is 14.7 Å². The zero-order valence-electron chi connectivity index (χ0n) is 12.2. The highest BCUT2D eigenvalue weighted by Crippen LogP contribution is 2.26. The highest BCUT2D eigenvalue weighted by Gasteiger charge is 2.34. The molecule has 1 aromatic rings. The lowest BCUT2D eigenvalue weighted by Gasteiger charge is -2.26. The van der Waals surface area contributed by atoms with Crippen molar-refractivity contribution in [1.29, 1.82) is 0 Å². The zero-order chi connectivity index (χ0) is 14.6. The van der Waals surface area contributed by atoms with Gasteiger partial charge in [0, 0.05) is 6.54 Å². The van der Waals surface area contributed by atoms with E-state index in [2.05, 4.69) is 6.58 Å². The number of hydrogen-bond donors (Lipinski definition) is 1. The van der Waals surface area contributed by atoms with Gasteiger partial charge in [0.2, 0.25) is 0 Å². The Hall–Kier alpha value is -1.20. The minimum Gasteiger partial charge on any atom is -0.348 e. The van der Waals surface area contributed by atoms with E-state index in [9.17, 15) is 5.21 Å². The van der Waals surface area contributed by atoms with Crippen LogP contribution in [0.4, 0.5) is 0 Å². The molecular weight excluding hydrogens is 254 g/mol. The van der Waals surface area contributed by atoms with Crippen LogP contribution >= 0.6 is 0 Å². The molecule has 1 fully saturated rings. The summed E-state index contributed by atoms with van der Waals surface area (Å²) in [5, 5.41) is 11.5. The summed E-state index contributed by atoms with van der Waals surface area (Å²) >= 11 is 0. The summed E-state index contributed by atoms with van der Waals surface area (Å²) in [5.74, 6) is -0.532. The summed E-state index contributed by atoms with van der Waals surface area (Å²) in [7, 11) is 0. The molecule has 0 radical (unpaired) electrons. The van der Waals surface area contributed by atoms with Crippen LogP contribution < -0.4 is 0 Å². The molecule has 1 saturated heterocycles. The Labute approximate surface area is 120 Å². The van der Waals surface area contributed by atoms with E-state index in [1.807, 2.05) is 44.2 Å². The normalized spacial score (nSPS) is 22.9. The Kier molecular flexibility index (Phi) is 4.94. The van der Waals surface area contributed by atoms with Crippen molar-refractivity contribution in [2.75, 3.05) is 6.61 Å². The standard InChI is InChI=1S/C16H23NO3/c1-4-14(10-15-12-19-16(2,3)20-15)17(18)11-13-8-6-5-7-9-13/h4-9,14-15,18H,1,10-12H2,2-3H3/t14-,15-/m0/s1. The monoisotopic (exact) mass is 277 g/mol. The molecule has 1 N–H and O–H groups in total.